The second kappa shape index (κ2) is 5.05. The highest BCUT2D eigenvalue weighted by molar-refractivity contribution is 5.21. The molecule has 1 atom stereocenters. The minimum Gasteiger partial charge on any atom is -0.304 e. The van der Waals surface area contributed by atoms with Crippen molar-refractivity contribution in [3.63, 3.8) is 0 Å². The summed E-state index contributed by atoms with van der Waals surface area (Å²) < 4.78 is 1.87. The summed E-state index contributed by atoms with van der Waals surface area (Å²) in [7, 11) is 1.94. The lowest BCUT2D eigenvalue weighted by molar-refractivity contribution is 0.559. The zero-order valence-electron chi connectivity index (χ0n) is 10.4. The van der Waals surface area contributed by atoms with E-state index in [2.05, 4.69) is 27.3 Å². The minimum absolute atomic E-state index is 0.0641. The van der Waals surface area contributed by atoms with Crippen molar-refractivity contribution >= 4 is 0 Å². The summed E-state index contributed by atoms with van der Waals surface area (Å²) in [6.45, 7) is 4.85. The largest absolute Gasteiger partial charge is 0.304 e. The summed E-state index contributed by atoms with van der Waals surface area (Å²) in [5, 5.41) is 7.62. The Kier molecular flexibility index (Phi) is 3.49. The van der Waals surface area contributed by atoms with Crippen molar-refractivity contribution < 1.29 is 0 Å². The van der Waals surface area contributed by atoms with Crippen molar-refractivity contribution in [2.75, 3.05) is 6.54 Å². The van der Waals surface area contributed by atoms with Gasteiger partial charge in [0.2, 0.25) is 0 Å². The van der Waals surface area contributed by atoms with Gasteiger partial charge in [0, 0.05) is 19.4 Å². The van der Waals surface area contributed by atoms with Crippen LogP contribution in [0, 0.1) is 6.92 Å². The summed E-state index contributed by atoms with van der Waals surface area (Å²) in [4.78, 5) is 8.60. The molecule has 0 aliphatic rings. The van der Waals surface area contributed by atoms with Crippen LogP contribution in [0.1, 0.15) is 30.2 Å². The number of nitrogens with zero attached hydrogens (tertiary/aromatic N) is 4. The molecule has 2 aromatic rings. The molecule has 1 unspecified atom stereocenters. The molecule has 2 heterocycles. The second-order valence-electron chi connectivity index (χ2n) is 3.90. The molecule has 0 fully saturated rings. The van der Waals surface area contributed by atoms with Gasteiger partial charge in [0.05, 0.1) is 17.4 Å². The Morgan fingerprint density at radius 2 is 2.18 bits per heavy atom. The molecule has 0 aliphatic carbocycles. The van der Waals surface area contributed by atoms with Crippen molar-refractivity contribution in [2.24, 2.45) is 7.05 Å². The maximum absolute atomic E-state index is 4.47. The molecule has 90 valence electrons. The number of aryl methyl sites for hydroxylation is 2. The number of hydrogen-bond acceptors (Lipinski definition) is 4. The van der Waals surface area contributed by atoms with Crippen LogP contribution < -0.4 is 5.32 Å². The van der Waals surface area contributed by atoms with Gasteiger partial charge in [-0.2, -0.15) is 5.10 Å². The third-order valence-corrected chi connectivity index (χ3v) is 2.66. The first-order chi connectivity index (χ1) is 8.22. The minimum atomic E-state index is 0.0641. The molecule has 1 N–H and O–H groups in total. The monoisotopic (exact) mass is 231 g/mol. The lowest BCUT2D eigenvalue weighted by Crippen LogP contribution is -2.25. The molecule has 5 heteroatoms. The van der Waals surface area contributed by atoms with Gasteiger partial charge in [0.15, 0.2) is 0 Å². The number of aromatic nitrogens is 4. The lowest BCUT2D eigenvalue weighted by atomic mass is 10.1. The third kappa shape index (κ3) is 2.50. The first-order valence-electron chi connectivity index (χ1n) is 5.73. The van der Waals surface area contributed by atoms with Crippen molar-refractivity contribution in [1.82, 2.24) is 25.1 Å². The molecule has 5 nitrogen and oxygen atoms in total. The van der Waals surface area contributed by atoms with E-state index in [0.29, 0.717) is 0 Å². The van der Waals surface area contributed by atoms with E-state index in [9.17, 15) is 0 Å². The highest BCUT2D eigenvalue weighted by Gasteiger charge is 2.17. The fourth-order valence-electron chi connectivity index (χ4n) is 1.87. The van der Waals surface area contributed by atoms with E-state index < -0.39 is 0 Å². The van der Waals surface area contributed by atoms with Crippen molar-refractivity contribution in [3.05, 3.63) is 41.7 Å². The summed E-state index contributed by atoms with van der Waals surface area (Å²) in [5.74, 6) is 0.785. The van der Waals surface area contributed by atoms with Crippen LogP contribution >= 0.6 is 0 Å². The fourth-order valence-corrected chi connectivity index (χ4v) is 1.87. The number of nitrogens with one attached hydrogen (secondary N) is 1. The molecule has 0 aliphatic heterocycles. The van der Waals surface area contributed by atoms with Gasteiger partial charge in [-0.15, -0.1) is 0 Å². The molecule has 0 radical (unpaired) electrons. The second-order valence-corrected chi connectivity index (χ2v) is 3.90. The van der Waals surface area contributed by atoms with Crippen LogP contribution in [-0.2, 0) is 7.05 Å². The molecule has 0 bridgehead atoms. The Hall–Kier alpha value is -1.75. The topological polar surface area (TPSA) is 55.6 Å². The normalized spacial score (nSPS) is 12.6. The molecule has 2 aromatic heterocycles. The molecular weight excluding hydrogens is 214 g/mol. The smallest absolute Gasteiger partial charge is 0.125 e. The zero-order chi connectivity index (χ0) is 12.3. The van der Waals surface area contributed by atoms with Crippen LogP contribution in [0.15, 0.2) is 24.5 Å². The van der Waals surface area contributed by atoms with Crippen LogP contribution in [0.3, 0.4) is 0 Å². The van der Waals surface area contributed by atoms with Gasteiger partial charge in [-0.25, -0.2) is 9.97 Å². The van der Waals surface area contributed by atoms with E-state index in [-0.39, 0.29) is 6.04 Å². The van der Waals surface area contributed by atoms with Crippen LogP contribution in [-0.4, -0.2) is 26.3 Å². The van der Waals surface area contributed by atoms with Crippen LogP contribution in [0.5, 0.6) is 0 Å². The fraction of sp³-hybridized carbons (Fsp3) is 0.417. The van der Waals surface area contributed by atoms with Crippen molar-refractivity contribution in [3.8, 4) is 0 Å². The third-order valence-electron chi connectivity index (χ3n) is 2.66. The van der Waals surface area contributed by atoms with Crippen LogP contribution in [0.4, 0.5) is 0 Å². The highest BCUT2D eigenvalue weighted by atomic mass is 15.3. The average Bonchev–Trinajstić information content (AvgIpc) is 2.72. The number of hydrogen-bond donors (Lipinski definition) is 1. The van der Waals surface area contributed by atoms with Gasteiger partial charge >= 0.3 is 0 Å². The Labute approximate surface area is 101 Å². The summed E-state index contributed by atoms with van der Waals surface area (Å²) in [5.41, 5.74) is 2.08. The average molecular weight is 231 g/mol. The van der Waals surface area contributed by atoms with Gasteiger partial charge in [-0.1, -0.05) is 6.92 Å². The van der Waals surface area contributed by atoms with Gasteiger partial charge in [-0.3, -0.25) is 4.68 Å². The first-order valence-corrected chi connectivity index (χ1v) is 5.73. The summed E-state index contributed by atoms with van der Waals surface area (Å²) in [6, 6.07) is 4.01. The lowest BCUT2D eigenvalue weighted by Gasteiger charge is -2.17. The SMILES string of the molecule is CCNC(c1ccnc(C)n1)c1ccnn1C. The van der Waals surface area contributed by atoms with E-state index in [1.807, 2.05) is 30.8 Å². The van der Waals surface area contributed by atoms with Gasteiger partial charge < -0.3 is 5.32 Å². The molecular formula is C12H17N5. The molecule has 0 spiro atoms. The maximum Gasteiger partial charge on any atom is 0.125 e. The quantitative estimate of drug-likeness (QED) is 0.859. The van der Waals surface area contributed by atoms with Crippen LogP contribution in [0.25, 0.3) is 0 Å². The van der Waals surface area contributed by atoms with E-state index in [0.717, 1.165) is 23.8 Å². The van der Waals surface area contributed by atoms with E-state index in [1.165, 1.54) is 0 Å². The molecule has 17 heavy (non-hydrogen) atoms. The van der Waals surface area contributed by atoms with E-state index >= 15 is 0 Å². The molecule has 2 rings (SSSR count). The molecule has 0 saturated carbocycles. The van der Waals surface area contributed by atoms with Crippen molar-refractivity contribution in [2.45, 2.75) is 19.9 Å². The molecule has 0 aromatic carbocycles. The zero-order valence-corrected chi connectivity index (χ0v) is 10.4. The van der Waals surface area contributed by atoms with Crippen molar-refractivity contribution in [1.29, 1.82) is 0 Å². The summed E-state index contributed by atoms with van der Waals surface area (Å²) in [6.07, 6.45) is 3.59. The predicted octanol–water partition coefficient (Wildman–Crippen LogP) is 1.22. The highest BCUT2D eigenvalue weighted by Crippen LogP contribution is 2.19. The number of rotatable bonds is 4. The Morgan fingerprint density at radius 1 is 1.35 bits per heavy atom. The Balaban J connectivity index is 2.39. The van der Waals surface area contributed by atoms with Gasteiger partial charge in [0.25, 0.3) is 0 Å². The van der Waals surface area contributed by atoms with Gasteiger partial charge in [-0.05, 0) is 25.6 Å². The summed E-state index contributed by atoms with van der Waals surface area (Å²) >= 11 is 0. The molecule has 0 amide bonds. The first kappa shape index (κ1) is 11.7. The van der Waals surface area contributed by atoms with Crippen LogP contribution in [0.2, 0.25) is 0 Å². The Morgan fingerprint density at radius 3 is 2.76 bits per heavy atom. The standard InChI is InChI=1S/C12H17N5/c1-4-13-12(11-6-8-15-17(11)3)10-5-7-14-9(2)16-10/h5-8,12-13H,4H2,1-3H3. The maximum atomic E-state index is 4.47. The van der Waals surface area contributed by atoms with E-state index in [4.69, 9.17) is 0 Å². The van der Waals surface area contributed by atoms with E-state index in [1.54, 1.807) is 12.4 Å². The van der Waals surface area contributed by atoms with Gasteiger partial charge in [0.1, 0.15) is 5.82 Å². The molecule has 0 saturated heterocycles. The Bertz CT molecular complexity index is 491. The predicted molar refractivity (Wildman–Crippen MR) is 65.5 cm³/mol.